The number of carbonyl (C=O) groups is 1. The first-order chi connectivity index (χ1) is 14.7. The Kier molecular flexibility index (Phi) is 5.71. The third kappa shape index (κ3) is 4.56. The van der Waals surface area contributed by atoms with Gasteiger partial charge in [-0.3, -0.25) is 4.79 Å². The van der Waals surface area contributed by atoms with Gasteiger partial charge in [-0.05, 0) is 69.2 Å². The van der Waals surface area contributed by atoms with Crippen LogP contribution in [0.1, 0.15) is 46.1 Å². The lowest BCUT2D eigenvalue weighted by molar-refractivity contribution is 0.0711. The molecule has 1 aliphatic rings. The Balaban J connectivity index is 1.50. The number of hydrogen-bond donors (Lipinski definition) is 0. The Bertz CT molecular complexity index is 1190. The van der Waals surface area contributed by atoms with Gasteiger partial charge < -0.3 is 4.90 Å². The smallest absolute Gasteiger partial charge is 0.253 e. The third-order valence-electron chi connectivity index (χ3n) is 5.87. The maximum absolute atomic E-state index is 12.8. The van der Waals surface area contributed by atoms with Crippen molar-refractivity contribution in [1.82, 2.24) is 14.7 Å². The SMILES string of the molecule is Cc1ccc(C(=O)N2CCC(c3cc(C)nn3-c3ccc(S(C)(=O)=O)cc3)CC2)cc1. The quantitative estimate of drug-likeness (QED) is 0.620. The van der Waals surface area contributed by atoms with Gasteiger partial charge in [-0.15, -0.1) is 0 Å². The first-order valence-electron chi connectivity index (χ1n) is 10.5. The molecule has 1 aromatic heterocycles. The largest absolute Gasteiger partial charge is 0.339 e. The number of aromatic nitrogens is 2. The molecular formula is C24H27N3O3S. The summed E-state index contributed by atoms with van der Waals surface area (Å²) in [5.74, 6) is 0.373. The Labute approximate surface area is 183 Å². The monoisotopic (exact) mass is 437 g/mol. The Hall–Kier alpha value is -2.93. The van der Waals surface area contributed by atoms with Crippen LogP contribution >= 0.6 is 0 Å². The van der Waals surface area contributed by atoms with Crippen molar-refractivity contribution in [3.8, 4) is 5.69 Å². The number of rotatable bonds is 4. The highest BCUT2D eigenvalue weighted by molar-refractivity contribution is 7.90. The van der Waals surface area contributed by atoms with Crippen molar-refractivity contribution in [3.63, 3.8) is 0 Å². The molecule has 0 aliphatic carbocycles. The van der Waals surface area contributed by atoms with Crippen LogP contribution in [0.5, 0.6) is 0 Å². The van der Waals surface area contributed by atoms with Crippen molar-refractivity contribution in [2.75, 3.05) is 19.3 Å². The summed E-state index contributed by atoms with van der Waals surface area (Å²) in [5.41, 5.74) is 4.74. The number of nitrogens with zero attached hydrogens (tertiary/aromatic N) is 3. The zero-order chi connectivity index (χ0) is 22.2. The highest BCUT2D eigenvalue weighted by atomic mass is 32.2. The molecule has 4 rings (SSSR count). The molecule has 0 spiro atoms. The van der Waals surface area contributed by atoms with Gasteiger partial charge in [-0.1, -0.05) is 17.7 Å². The fourth-order valence-electron chi connectivity index (χ4n) is 4.11. The summed E-state index contributed by atoms with van der Waals surface area (Å²) in [6.07, 6.45) is 2.94. The fraction of sp³-hybridized carbons (Fsp3) is 0.333. The molecular weight excluding hydrogens is 410 g/mol. The van der Waals surface area contributed by atoms with Crippen molar-refractivity contribution < 1.29 is 13.2 Å². The van der Waals surface area contributed by atoms with E-state index in [1.165, 1.54) is 6.26 Å². The summed E-state index contributed by atoms with van der Waals surface area (Å²) >= 11 is 0. The molecule has 162 valence electrons. The van der Waals surface area contributed by atoms with E-state index in [1.54, 1.807) is 24.3 Å². The van der Waals surface area contributed by atoms with Gasteiger partial charge in [-0.2, -0.15) is 5.10 Å². The standard InChI is InChI=1S/C24H27N3O3S/c1-17-4-6-20(7-5-17)24(28)26-14-12-19(13-15-26)23-16-18(2)25-27(23)21-8-10-22(11-9-21)31(3,29)30/h4-11,16,19H,12-15H2,1-3H3. The molecule has 2 aromatic carbocycles. The lowest BCUT2D eigenvalue weighted by atomic mass is 9.92. The maximum atomic E-state index is 12.8. The molecule has 31 heavy (non-hydrogen) atoms. The summed E-state index contributed by atoms with van der Waals surface area (Å²) in [5, 5.41) is 4.64. The van der Waals surface area contributed by atoms with Crippen molar-refractivity contribution in [1.29, 1.82) is 0 Å². The average Bonchev–Trinajstić information content (AvgIpc) is 3.15. The number of amides is 1. The topological polar surface area (TPSA) is 72.3 Å². The summed E-state index contributed by atoms with van der Waals surface area (Å²) in [6.45, 7) is 5.38. The minimum Gasteiger partial charge on any atom is -0.339 e. The average molecular weight is 438 g/mol. The van der Waals surface area contributed by atoms with Gasteiger partial charge in [0.25, 0.3) is 5.91 Å². The molecule has 6 nitrogen and oxygen atoms in total. The van der Waals surface area contributed by atoms with Gasteiger partial charge in [0.2, 0.25) is 0 Å². The van der Waals surface area contributed by atoms with Crippen molar-refractivity contribution >= 4 is 15.7 Å². The predicted octanol–water partition coefficient (Wildman–Crippen LogP) is 3.91. The zero-order valence-corrected chi connectivity index (χ0v) is 18.9. The van der Waals surface area contributed by atoms with Gasteiger partial charge in [0.1, 0.15) is 0 Å². The Morgan fingerprint density at radius 3 is 2.16 bits per heavy atom. The van der Waals surface area contributed by atoms with Crippen LogP contribution in [-0.2, 0) is 9.84 Å². The molecule has 1 amide bonds. The van der Waals surface area contributed by atoms with E-state index in [9.17, 15) is 13.2 Å². The van der Waals surface area contributed by atoms with Crippen LogP contribution in [0.3, 0.4) is 0 Å². The van der Waals surface area contributed by atoms with E-state index in [4.69, 9.17) is 0 Å². The fourth-order valence-corrected chi connectivity index (χ4v) is 4.74. The van der Waals surface area contributed by atoms with E-state index < -0.39 is 9.84 Å². The van der Waals surface area contributed by atoms with Crippen LogP contribution in [0.2, 0.25) is 0 Å². The Morgan fingerprint density at radius 1 is 0.968 bits per heavy atom. The molecule has 7 heteroatoms. The molecule has 0 atom stereocenters. The molecule has 1 fully saturated rings. The van der Waals surface area contributed by atoms with E-state index in [0.29, 0.717) is 18.0 Å². The van der Waals surface area contributed by atoms with Gasteiger partial charge in [0, 0.05) is 36.5 Å². The lowest BCUT2D eigenvalue weighted by Gasteiger charge is -2.32. The van der Waals surface area contributed by atoms with E-state index in [0.717, 1.165) is 41.0 Å². The first-order valence-corrected chi connectivity index (χ1v) is 12.3. The van der Waals surface area contributed by atoms with Gasteiger partial charge in [0.15, 0.2) is 9.84 Å². The molecule has 2 heterocycles. The zero-order valence-electron chi connectivity index (χ0n) is 18.1. The second-order valence-corrected chi connectivity index (χ2v) is 10.3. The van der Waals surface area contributed by atoms with Crippen LogP contribution in [0.4, 0.5) is 0 Å². The molecule has 0 bridgehead atoms. The highest BCUT2D eigenvalue weighted by Crippen LogP contribution is 2.31. The first kappa shape index (κ1) is 21.3. The van der Waals surface area contributed by atoms with Crippen molar-refractivity contribution in [2.24, 2.45) is 0 Å². The normalized spacial score (nSPS) is 15.3. The van der Waals surface area contributed by atoms with Crippen LogP contribution in [0.25, 0.3) is 5.69 Å². The maximum Gasteiger partial charge on any atom is 0.253 e. The number of sulfone groups is 1. The second kappa shape index (κ2) is 8.30. The number of hydrogen-bond acceptors (Lipinski definition) is 4. The van der Waals surface area contributed by atoms with E-state index in [1.807, 2.05) is 47.7 Å². The van der Waals surface area contributed by atoms with E-state index in [-0.39, 0.29) is 11.8 Å². The number of carbonyl (C=O) groups excluding carboxylic acids is 1. The van der Waals surface area contributed by atoms with Crippen LogP contribution in [0, 0.1) is 13.8 Å². The minimum atomic E-state index is -3.23. The molecule has 1 saturated heterocycles. The molecule has 3 aromatic rings. The van der Waals surface area contributed by atoms with Crippen LogP contribution < -0.4 is 0 Å². The van der Waals surface area contributed by atoms with E-state index >= 15 is 0 Å². The summed E-state index contributed by atoms with van der Waals surface area (Å²) in [7, 11) is -3.23. The van der Waals surface area contributed by atoms with Crippen LogP contribution in [0.15, 0.2) is 59.5 Å². The summed E-state index contributed by atoms with van der Waals surface area (Å²) in [6, 6.07) is 16.6. The van der Waals surface area contributed by atoms with Crippen LogP contribution in [-0.4, -0.2) is 48.4 Å². The van der Waals surface area contributed by atoms with Crippen molar-refractivity contribution in [3.05, 3.63) is 77.1 Å². The second-order valence-electron chi connectivity index (χ2n) is 8.32. The van der Waals surface area contributed by atoms with Gasteiger partial charge in [0.05, 0.1) is 16.3 Å². The third-order valence-corrected chi connectivity index (χ3v) is 7.00. The molecule has 0 N–H and O–H groups in total. The number of benzene rings is 2. The molecule has 0 radical (unpaired) electrons. The summed E-state index contributed by atoms with van der Waals surface area (Å²) in [4.78, 5) is 15.0. The highest BCUT2D eigenvalue weighted by Gasteiger charge is 2.27. The lowest BCUT2D eigenvalue weighted by Crippen LogP contribution is -2.38. The number of piperidine rings is 1. The molecule has 0 unspecified atom stereocenters. The van der Waals surface area contributed by atoms with Gasteiger partial charge in [-0.25, -0.2) is 13.1 Å². The predicted molar refractivity (Wildman–Crippen MR) is 120 cm³/mol. The van der Waals surface area contributed by atoms with E-state index in [2.05, 4.69) is 11.2 Å². The van der Waals surface area contributed by atoms with Crippen molar-refractivity contribution in [2.45, 2.75) is 37.5 Å². The van der Waals surface area contributed by atoms with Gasteiger partial charge >= 0.3 is 0 Å². The Morgan fingerprint density at radius 2 is 1.58 bits per heavy atom. The minimum absolute atomic E-state index is 0.0829. The number of aryl methyl sites for hydroxylation is 2. The molecule has 0 saturated carbocycles. The number of likely N-dealkylation sites (tertiary alicyclic amines) is 1. The summed E-state index contributed by atoms with van der Waals surface area (Å²) < 4.78 is 25.4. The molecule has 1 aliphatic heterocycles.